The number of carbonyl (C=O) groups excluding carboxylic acids is 2. The molecule has 2 amide bonds. The quantitative estimate of drug-likeness (QED) is 0.843. The fourth-order valence-electron chi connectivity index (χ4n) is 3.92. The minimum absolute atomic E-state index is 0.0372. The summed E-state index contributed by atoms with van der Waals surface area (Å²) in [4.78, 5) is 29.0. The zero-order valence-corrected chi connectivity index (χ0v) is 15.8. The van der Waals surface area contributed by atoms with Crippen LogP contribution in [0.25, 0.3) is 5.69 Å². The lowest BCUT2D eigenvalue weighted by atomic mass is 10.0. The lowest BCUT2D eigenvalue weighted by Crippen LogP contribution is -2.69. The second kappa shape index (κ2) is 7.71. The van der Waals surface area contributed by atoms with Crippen molar-refractivity contribution in [1.29, 1.82) is 0 Å². The van der Waals surface area contributed by atoms with E-state index in [1.165, 1.54) is 12.1 Å². The molecule has 1 N–H and O–H groups in total. The van der Waals surface area contributed by atoms with E-state index in [9.17, 15) is 14.0 Å². The van der Waals surface area contributed by atoms with Crippen molar-refractivity contribution in [3.63, 3.8) is 0 Å². The Bertz CT molecular complexity index is 866. The average molecular weight is 385 g/mol. The van der Waals surface area contributed by atoms with E-state index in [0.717, 1.165) is 24.2 Å². The van der Waals surface area contributed by atoms with Gasteiger partial charge in [-0.3, -0.25) is 14.5 Å². The Morgan fingerprint density at radius 3 is 2.75 bits per heavy atom. The monoisotopic (exact) mass is 385 g/mol. The van der Waals surface area contributed by atoms with Crippen LogP contribution in [0.3, 0.4) is 0 Å². The molecular weight excluding hydrogens is 361 g/mol. The number of nitrogens with one attached hydrogen (secondary N) is 1. The lowest BCUT2D eigenvalue weighted by molar-refractivity contribution is -0.153. The first-order valence-corrected chi connectivity index (χ1v) is 9.68. The van der Waals surface area contributed by atoms with Crippen LogP contribution in [0.1, 0.15) is 25.3 Å². The molecule has 2 aliphatic rings. The third-order valence-electron chi connectivity index (χ3n) is 5.38. The number of amides is 2. The van der Waals surface area contributed by atoms with Crippen LogP contribution in [0.4, 0.5) is 4.39 Å². The minimum Gasteiger partial charge on any atom is -0.342 e. The van der Waals surface area contributed by atoms with Gasteiger partial charge in [0.2, 0.25) is 11.8 Å². The molecule has 0 unspecified atom stereocenters. The first kappa shape index (κ1) is 18.6. The topological polar surface area (TPSA) is 70.5 Å². The summed E-state index contributed by atoms with van der Waals surface area (Å²) < 4.78 is 14.8. The molecule has 0 saturated carbocycles. The maximum absolute atomic E-state index is 13.1. The molecule has 2 atom stereocenters. The van der Waals surface area contributed by atoms with Gasteiger partial charge < -0.3 is 10.2 Å². The van der Waals surface area contributed by atoms with Gasteiger partial charge in [-0.15, -0.1) is 0 Å². The zero-order valence-electron chi connectivity index (χ0n) is 15.8. The molecule has 2 saturated heterocycles. The predicted octanol–water partition coefficient (Wildman–Crippen LogP) is 1.32. The Balaban J connectivity index is 1.41. The number of halogens is 1. The molecule has 2 fully saturated rings. The number of fused-ring (bicyclic) bond motifs is 1. The highest BCUT2D eigenvalue weighted by Gasteiger charge is 2.42. The predicted molar refractivity (Wildman–Crippen MR) is 101 cm³/mol. The van der Waals surface area contributed by atoms with E-state index >= 15 is 0 Å². The van der Waals surface area contributed by atoms with Crippen molar-refractivity contribution in [2.45, 2.75) is 38.4 Å². The Morgan fingerprint density at radius 2 is 2.00 bits per heavy atom. The van der Waals surface area contributed by atoms with Gasteiger partial charge in [-0.05, 0) is 30.7 Å². The van der Waals surface area contributed by atoms with Gasteiger partial charge in [-0.2, -0.15) is 5.10 Å². The fraction of sp³-hybridized carbons (Fsp3) is 0.450. The third-order valence-corrected chi connectivity index (χ3v) is 5.38. The first-order valence-electron chi connectivity index (χ1n) is 9.68. The van der Waals surface area contributed by atoms with Crippen molar-refractivity contribution in [3.05, 3.63) is 48.0 Å². The Hall–Kier alpha value is -2.74. The van der Waals surface area contributed by atoms with Crippen molar-refractivity contribution in [2.75, 3.05) is 19.6 Å². The van der Waals surface area contributed by atoms with Crippen molar-refractivity contribution in [3.8, 4) is 5.69 Å². The highest BCUT2D eigenvalue weighted by Crippen LogP contribution is 2.20. The van der Waals surface area contributed by atoms with Gasteiger partial charge in [-0.25, -0.2) is 9.07 Å². The summed E-state index contributed by atoms with van der Waals surface area (Å²) in [6, 6.07) is 5.35. The van der Waals surface area contributed by atoms with E-state index in [4.69, 9.17) is 0 Å². The van der Waals surface area contributed by atoms with Gasteiger partial charge in [0.05, 0.1) is 11.9 Å². The molecule has 1 aromatic carbocycles. The molecule has 8 heteroatoms. The normalized spacial score (nSPS) is 22.9. The van der Waals surface area contributed by atoms with Crippen LogP contribution >= 0.6 is 0 Å². The number of rotatable bonds is 5. The SMILES string of the molecule is CCC[C@@H]1NC(=O)[C@H]2CN(Cc3cnn(-c4ccc(F)cc4)c3)CCN2C1=O. The maximum atomic E-state index is 13.1. The second-order valence-electron chi connectivity index (χ2n) is 7.40. The fourth-order valence-corrected chi connectivity index (χ4v) is 3.92. The van der Waals surface area contributed by atoms with Gasteiger partial charge in [0.1, 0.15) is 17.9 Å². The molecule has 1 aromatic heterocycles. The molecule has 28 heavy (non-hydrogen) atoms. The van der Waals surface area contributed by atoms with Crippen LogP contribution in [0.15, 0.2) is 36.7 Å². The molecule has 0 radical (unpaired) electrons. The smallest absolute Gasteiger partial charge is 0.245 e. The lowest BCUT2D eigenvalue weighted by Gasteiger charge is -2.45. The van der Waals surface area contributed by atoms with Crippen LogP contribution < -0.4 is 5.32 Å². The van der Waals surface area contributed by atoms with Gasteiger partial charge in [0.15, 0.2) is 0 Å². The van der Waals surface area contributed by atoms with Crippen LogP contribution in [-0.4, -0.2) is 63.1 Å². The van der Waals surface area contributed by atoms with Crippen LogP contribution in [0, 0.1) is 5.82 Å². The van der Waals surface area contributed by atoms with Crippen LogP contribution in [-0.2, 0) is 16.1 Å². The molecule has 3 heterocycles. The third kappa shape index (κ3) is 3.64. The van der Waals surface area contributed by atoms with Crippen LogP contribution in [0.2, 0.25) is 0 Å². The molecule has 0 aliphatic carbocycles. The highest BCUT2D eigenvalue weighted by atomic mass is 19.1. The Morgan fingerprint density at radius 1 is 1.21 bits per heavy atom. The van der Waals surface area contributed by atoms with Gasteiger partial charge in [-0.1, -0.05) is 13.3 Å². The van der Waals surface area contributed by atoms with E-state index in [1.807, 2.05) is 13.1 Å². The number of piperazine rings is 2. The number of carbonyl (C=O) groups is 2. The molecule has 4 rings (SSSR count). The number of nitrogens with zero attached hydrogens (tertiary/aromatic N) is 4. The van der Waals surface area contributed by atoms with Crippen molar-refractivity contribution in [1.82, 2.24) is 24.9 Å². The summed E-state index contributed by atoms with van der Waals surface area (Å²) in [7, 11) is 0. The standard InChI is InChI=1S/C20H24FN5O2/c1-2-3-17-20(28)25-9-8-24(13-18(25)19(27)23-17)11-14-10-22-26(12-14)16-6-4-15(21)5-7-16/h4-7,10,12,17-18H,2-3,8-9,11,13H2,1H3,(H,23,27)/t17-,18+/m0/s1. The largest absolute Gasteiger partial charge is 0.342 e. The average Bonchev–Trinajstić information content (AvgIpc) is 3.15. The molecule has 2 aromatic rings. The number of hydrogen-bond acceptors (Lipinski definition) is 4. The van der Waals surface area contributed by atoms with Gasteiger partial charge in [0.25, 0.3) is 0 Å². The van der Waals surface area contributed by atoms with E-state index < -0.39 is 6.04 Å². The highest BCUT2D eigenvalue weighted by molar-refractivity contribution is 5.97. The maximum Gasteiger partial charge on any atom is 0.245 e. The Labute approximate surface area is 163 Å². The summed E-state index contributed by atoms with van der Waals surface area (Å²) in [5, 5.41) is 7.22. The van der Waals surface area contributed by atoms with E-state index in [2.05, 4.69) is 15.3 Å². The minimum atomic E-state index is -0.429. The van der Waals surface area contributed by atoms with Crippen molar-refractivity contribution < 1.29 is 14.0 Å². The summed E-state index contributed by atoms with van der Waals surface area (Å²) >= 11 is 0. The van der Waals surface area contributed by atoms with E-state index in [0.29, 0.717) is 26.1 Å². The molecular formula is C20H24FN5O2. The molecule has 7 nitrogen and oxygen atoms in total. The molecule has 148 valence electrons. The molecule has 0 bridgehead atoms. The summed E-state index contributed by atoms with van der Waals surface area (Å²) in [5.74, 6) is -0.310. The summed E-state index contributed by atoms with van der Waals surface area (Å²) in [6.45, 7) is 4.44. The van der Waals surface area contributed by atoms with E-state index in [-0.39, 0.29) is 23.7 Å². The van der Waals surface area contributed by atoms with Crippen molar-refractivity contribution in [2.24, 2.45) is 0 Å². The number of benzene rings is 1. The van der Waals surface area contributed by atoms with Crippen LogP contribution in [0.5, 0.6) is 0 Å². The first-order chi connectivity index (χ1) is 13.5. The summed E-state index contributed by atoms with van der Waals surface area (Å²) in [5.41, 5.74) is 1.79. The molecule has 2 aliphatic heterocycles. The number of aromatic nitrogens is 2. The summed E-state index contributed by atoms with van der Waals surface area (Å²) in [6.07, 6.45) is 5.22. The van der Waals surface area contributed by atoms with E-state index in [1.54, 1.807) is 27.9 Å². The number of hydrogen-bond donors (Lipinski definition) is 1. The zero-order chi connectivity index (χ0) is 19.7. The molecule has 0 spiro atoms. The van der Waals surface area contributed by atoms with Crippen molar-refractivity contribution >= 4 is 11.8 Å². The second-order valence-corrected chi connectivity index (χ2v) is 7.40. The van der Waals surface area contributed by atoms with Gasteiger partial charge in [0, 0.05) is 37.9 Å². The Kier molecular flexibility index (Phi) is 5.13. The van der Waals surface area contributed by atoms with Gasteiger partial charge >= 0.3 is 0 Å².